The van der Waals surface area contributed by atoms with Gasteiger partial charge in [-0.2, -0.15) is 0 Å². The molecule has 2 aromatic rings. The third-order valence-corrected chi connectivity index (χ3v) is 4.63. The first-order valence-corrected chi connectivity index (χ1v) is 9.47. The van der Waals surface area contributed by atoms with E-state index in [1.807, 2.05) is 38.4 Å². The van der Waals surface area contributed by atoms with Crippen molar-refractivity contribution in [3.8, 4) is 0 Å². The second-order valence-electron chi connectivity index (χ2n) is 6.89. The molecular formula is C22H32IN5O. The van der Waals surface area contributed by atoms with Crippen LogP contribution in [0, 0.1) is 6.92 Å². The lowest BCUT2D eigenvalue weighted by Crippen LogP contribution is -2.38. The van der Waals surface area contributed by atoms with Gasteiger partial charge in [0.2, 0.25) is 0 Å². The number of aryl methyl sites for hydroxylation is 1. The first-order chi connectivity index (χ1) is 13.4. The number of nitrogens with zero attached hydrogens (tertiary/aromatic N) is 2. The van der Waals surface area contributed by atoms with Crippen LogP contribution in [0.25, 0.3) is 0 Å². The zero-order valence-electron chi connectivity index (χ0n) is 17.9. The number of aliphatic imine (C=N–C) groups is 1. The third kappa shape index (κ3) is 7.56. The topological polar surface area (TPSA) is 68.8 Å². The van der Waals surface area contributed by atoms with Gasteiger partial charge in [0.15, 0.2) is 5.96 Å². The van der Waals surface area contributed by atoms with Crippen LogP contribution in [0.2, 0.25) is 0 Å². The monoisotopic (exact) mass is 509 g/mol. The van der Waals surface area contributed by atoms with Gasteiger partial charge in [0, 0.05) is 52.5 Å². The fourth-order valence-corrected chi connectivity index (χ4v) is 2.89. The number of carbonyl (C=O) groups is 1. The van der Waals surface area contributed by atoms with E-state index in [1.54, 1.807) is 14.1 Å². The maximum atomic E-state index is 11.7. The summed E-state index contributed by atoms with van der Waals surface area (Å²) in [6.07, 6.45) is 0.808. The van der Waals surface area contributed by atoms with Gasteiger partial charge in [-0.05, 0) is 54.3 Å². The van der Waals surface area contributed by atoms with Gasteiger partial charge in [-0.15, -0.1) is 24.0 Å². The highest BCUT2D eigenvalue weighted by molar-refractivity contribution is 14.0. The number of carbonyl (C=O) groups excluding carboxylic acids is 1. The smallest absolute Gasteiger partial charge is 0.251 e. The Labute approximate surface area is 191 Å². The van der Waals surface area contributed by atoms with Gasteiger partial charge in [0.05, 0.1) is 0 Å². The summed E-state index contributed by atoms with van der Waals surface area (Å²) in [5, 5.41) is 9.34. The predicted molar refractivity (Wildman–Crippen MR) is 133 cm³/mol. The second-order valence-corrected chi connectivity index (χ2v) is 6.89. The summed E-state index contributed by atoms with van der Waals surface area (Å²) in [6.45, 7) is 3.57. The van der Waals surface area contributed by atoms with Crippen molar-refractivity contribution in [1.29, 1.82) is 0 Å². The normalized spacial score (nSPS) is 10.7. The van der Waals surface area contributed by atoms with E-state index in [0.717, 1.165) is 24.5 Å². The molecule has 0 aliphatic heterocycles. The minimum atomic E-state index is -0.0667. The van der Waals surface area contributed by atoms with Crippen LogP contribution < -0.4 is 20.9 Å². The summed E-state index contributed by atoms with van der Waals surface area (Å²) in [4.78, 5) is 18.1. The van der Waals surface area contributed by atoms with Gasteiger partial charge < -0.3 is 20.9 Å². The summed E-state index contributed by atoms with van der Waals surface area (Å²) in [6, 6.07) is 14.1. The quantitative estimate of drug-likeness (QED) is 0.305. The van der Waals surface area contributed by atoms with E-state index < -0.39 is 0 Å². The highest BCUT2D eigenvalue weighted by Crippen LogP contribution is 2.17. The molecule has 0 spiro atoms. The van der Waals surface area contributed by atoms with E-state index in [-0.39, 0.29) is 29.9 Å². The molecule has 6 nitrogen and oxygen atoms in total. The van der Waals surface area contributed by atoms with Crippen molar-refractivity contribution >= 4 is 41.5 Å². The lowest BCUT2D eigenvalue weighted by Gasteiger charge is -2.16. The number of hydrogen-bond acceptors (Lipinski definition) is 3. The molecule has 0 heterocycles. The molecule has 0 radical (unpaired) electrons. The summed E-state index contributed by atoms with van der Waals surface area (Å²) in [5.74, 6) is 0.696. The Hall–Kier alpha value is -2.29. The lowest BCUT2D eigenvalue weighted by atomic mass is 10.1. The van der Waals surface area contributed by atoms with E-state index in [1.165, 1.54) is 16.8 Å². The molecule has 0 unspecified atom stereocenters. The van der Waals surface area contributed by atoms with E-state index >= 15 is 0 Å². The molecule has 158 valence electrons. The summed E-state index contributed by atoms with van der Waals surface area (Å²) < 4.78 is 0. The molecule has 0 fully saturated rings. The van der Waals surface area contributed by atoms with E-state index in [2.05, 4.69) is 51.0 Å². The largest absolute Gasteiger partial charge is 0.378 e. The molecule has 3 N–H and O–H groups in total. The molecule has 0 atom stereocenters. The highest BCUT2D eigenvalue weighted by atomic mass is 127. The van der Waals surface area contributed by atoms with Crippen molar-refractivity contribution < 1.29 is 4.79 Å². The number of hydrogen-bond donors (Lipinski definition) is 3. The van der Waals surface area contributed by atoms with E-state index in [0.29, 0.717) is 12.1 Å². The molecule has 29 heavy (non-hydrogen) atoms. The average molecular weight is 509 g/mol. The van der Waals surface area contributed by atoms with Crippen LogP contribution in [0.15, 0.2) is 47.5 Å². The highest BCUT2D eigenvalue weighted by Gasteiger charge is 2.05. The van der Waals surface area contributed by atoms with Gasteiger partial charge >= 0.3 is 0 Å². The number of rotatable bonds is 7. The molecule has 2 aromatic carbocycles. The Morgan fingerprint density at radius 2 is 1.86 bits per heavy atom. The van der Waals surface area contributed by atoms with Gasteiger partial charge in [-0.3, -0.25) is 9.79 Å². The van der Waals surface area contributed by atoms with E-state index in [4.69, 9.17) is 0 Å². The van der Waals surface area contributed by atoms with Crippen LogP contribution in [-0.2, 0) is 13.0 Å². The van der Waals surface area contributed by atoms with Gasteiger partial charge in [0.1, 0.15) is 0 Å². The fraction of sp³-hybridized carbons (Fsp3) is 0.364. The summed E-state index contributed by atoms with van der Waals surface area (Å²) in [5.41, 5.74) is 5.48. The molecule has 0 saturated heterocycles. The maximum Gasteiger partial charge on any atom is 0.251 e. The van der Waals surface area contributed by atoms with Gasteiger partial charge in [0.25, 0.3) is 5.91 Å². The van der Waals surface area contributed by atoms with Crippen LogP contribution >= 0.6 is 24.0 Å². The van der Waals surface area contributed by atoms with Crippen LogP contribution in [0.3, 0.4) is 0 Å². The number of nitrogens with one attached hydrogen (secondary N) is 3. The van der Waals surface area contributed by atoms with Crippen LogP contribution in [0.1, 0.15) is 27.0 Å². The van der Waals surface area contributed by atoms with Crippen LogP contribution in [-0.4, -0.2) is 46.6 Å². The van der Waals surface area contributed by atoms with Crippen molar-refractivity contribution in [3.63, 3.8) is 0 Å². The number of amides is 1. The van der Waals surface area contributed by atoms with Crippen molar-refractivity contribution in [1.82, 2.24) is 16.0 Å². The minimum absolute atomic E-state index is 0. The molecule has 7 heteroatoms. The molecule has 0 aliphatic carbocycles. The fourth-order valence-electron chi connectivity index (χ4n) is 2.89. The SMILES string of the molecule is CN=C(NCCc1cccc(C(=O)NC)c1)NCc1ccc(N(C)C)cc1C.I. The van der Waals surface area contributed by atoms with Crippen molar-refractivity contribution in [2.75, 3.05) is 39.6 Å². The summed E-state index contributed by atoms with van der Waals surface area (Å²) in [7, 11) is 7.50. The zero-order chi connectivity index (χ0) is 20.5. The molecular weight excluding hydrogens is 477 g/mol. The predicted octanol–water partition coefficient (Wildman–Crippen LogP) is 2.95. The van der Waals surface area contributed by atoms with E-state index in [9.17, 15) is 4.79 Å². The van der Waals surface area contributed by atoms with Crippen molar-refractivity contribution in [2.24, 2.45) is 4.99 Å². The van der Waals surface area contributed by atoms with Crippen molar-refractivity contribution in [2.45, 2.75) is 19.9 Å². The Morgan fingerprint density at radius 1 is 1.10 bits per heavy atom. The number of halogens is 1. The Balaban J connectivity index is 0.00000420. The third-order valence-electron chi connectivity index (χ3n) is 4.63. The lowest BCUT2D eigenvalue weighted by molar-refractivity contribution is 0.0963. The molecule has 0 aliphatic rings. The Kier molecular flexibility index (Phi) is 10.5. The average Bonchev–Trinajstić information content (AvgIpc) is 2.70. The standard InChI is InChI=1S/C22H31N5O.HI/c1-16-13-20(27(4)5)10-9-19(16)15-26-22(24-3)25-12-11-17-7-6-8-18(14-17)21(28)23-2;/h6-10,13-14H,11-12,15H2,1-5H3,(H,23,28)(H2,24,25,26);1H. The van der Waals surface area contributed by atoms with Gasteiger partial charge in [-0.25, -0.2) is 0 Å². The number of guanidine groups is 1. The summed E-state index contributed by atoms with van der Waals surface area (Å²) >= 11 is 0. The number of anilines is 1. The first kappa shape index (κ1) is 24.7. The minimum Gasteiger partial charge on any atom is -0.378 e. The van der Waals surface area contributed by atoms with Gasteiger partial charge in [-0.1, -0.05) is 18.2 Å². The maximum absolute atomic E-state index is 11.7. The molecule has 1 amide bonds. The Morgan fingerprint density at radius 3 is 2.48 bits per heavy atom. The molecule has 0 bridgehead atoms. The van der Waals surface area contributed by atoms with Crippen LogP contribution in [0.4, 0.5) is 5.69 Å². The molecule has 2 rings (SSSR count). The molecule has 0 aromatic heterocycles. The Bertz CT molecular complexity index is 836. The first-order valence-electron chi connectivity index (χ1n) is 9.47. The molecule has 0 saturated carbocycles. The second kappa shape index (κ2) is 12.3. The number of benzene rings is 2. The van der Waals surface area contributed by atoms with Crippen LogP contribution in [0.5, 0.6) is 0 Å². The van der Waals surface area contributed by atoms with Crippen molar-refractivity contribution in [3.05, 3.63) is 64.7 Å². The zero-order valence-corrected chi connectivity index (χ0v) is 20.2.